The second kappa shape index (κ2) is 14.7. The molecule has 1 heterocycles. The Morgan fingerprint density at radius 3 is 2.56 bits per heavy atom. The summed E-state index contributed by atoms with van der Waals surface area (Å²) in [5.74, 6) is 0.0293. The number of hydrogen-bond acceptors (Lipinski definition) is 7. The van der Waals surface area contributed by atoms with Gasteiger partial charge in [0.25, 0.3) is 5.91 Å². The van der Waals surface area contributed by atoms with Gasteiger partial charge in [0.05, 0.1) is 24.4 Å². The predicted octanol–water partition coefficient (Wildman–Crippen LogP) is 5.96. The summed E-state index contributed by atoms with van der Waals surface area (Å²) < 4.78 is 17.3. The van der Waals surface area contributed by atoms with Crippen molar-refractivity contribution in [2.45, 2.75) is 26.5 Å². The molecule has 45 heavy (non-hydrogen) atoms. The van der Waals surface area contributed by atoms with Crippen LogP contribution in [0, 0.1) is 0 Å². The van der Waals surface area contributed by atoms with Gasteiger partial charge in [0.1, 0.15) is 18.1 Å². The van der Waals surface area contributed by atoms with Crippen LogP contribution in [0.15, 0.2) is 101 Å². The zero-order valence-electron chi connectivity index (χ0n) is 24.6. The lowest BCUT2D eigenvalue weighted by Crippen LogP contribution is -2.45. The van der Waals surface area contributed by atoms with Gasteiger partial charge in [0.15, 0.2) is 11.7 Å². The number of thiocarbonyl (C=S) groups is 1. The molecule has 230 valence electrons. The summed E-state index contributed by atoms with van der Waals surface area (Å²) in [5, 5.41) is 13.2. The van der Waals surface area contributed by atoms with Crippen molar-refractivity contribution in [1.29, 1.82) is 0 Å². The molecule has 1 atom stereocenters. The predicted molar refractivity (Wildman–Crippen MR) is 178 cm³/mol. The van der Waals surface area contributed by atoms with Gasteiger partial charge < -0.3 is 24.8 Å². The van der Waals surface area contributed by atoms with Crippen molar-refractivity contribution in [1.82, 2.24) is 16.1 Å². The number of fused-ring (bicyclic) bond motifs is 1. The number of ether oxygens (including phenoxy) is 3. The van der Waals surface area contributed by atoms with Crippen LogP contribution in [0.2, 0.25) is 5.02 Å². The number of esters is 1. The highest BCUT2D eigenvalue weighted by molar-refractivity contribution is 7.80. The molecule has 1 aliphatic rings. The minimum atomic E-state index is -0.634. The molecule has 1 amide bonds. The second-order valence-electron chi connectivity index (χ2n) is 9.99. The Morgan fingerprint density at radius 1 is 0.978 bits per heavy atom. The van der Waals surface area contributed by atoms with E-state index < -0.39 is 17.9 Å². The molecule has 9 nitrogen and oxygen atoms in total. The van der Waals surface area contributed by atoms with Gasteiger partial charge >= 0.3 is 5.97 Å². The molecular weight excluding hydrogens is 612 g/mol. The molecule has 3 N–H and O–H groups in total. The Balaban J connectivity index is 1.30. The average molecular weight is 643 g/mol. The number of rotatable bonds is 11. The van der Waals surface area contributed by atoms with E-state index in [2.05, 4.69) is 21.2 Å². The first-order valence-electron chi connectivity index (χ1n) is 14.2. The molecule has 4 aromatic carbocycles. The molecule has 0 saturated carbocycles. The SMILES string of the molecule is CCOC(=O)C1=C(C)NC(=S)N[C@H]1c1ccccc1OCC(=O)NN=Cc1c(OCc2ccccc2Cl)ccc2ccccc12. The number of halogens is 1. The van der Waals surface area contributed by atoms with Crippen LogP contribution in [0.4, 0.5) is 0 Å². The largest absolute Gasteiger partial charge is 0.488 e. The lowest BCUT2D eigenvalue weighted by molar-refractivity contribution is -0.139. The Morgan fingerprint density at radius 2 is 1.73 bits per heavy atom. The van der Waals surface area contributed by atoms with Gasteiger partial charge in [0.2, 0.25) is 0 Å². The van der Waals surface area contributed by atoms with E-state index in [1.54, 1.807) is 38.3 Å². The van der Waals surface area contributed by atoms with Gasteiger partial charge in [-0.05, 0) is 55.0 Å². The summed E-state index contributed by atoms with van der Waals surface area (Å²) in [6, 6.07) is 25.6. The van der Waals surface area contributed by atoms with Crippen molar-refractivity contribution < 1.29 is 23.8 Å². The number of hydrogen-bond donors (Lipinski definition) is 3. The van der Waals surface area contributed by atoms with Gasteiger partial charge in [-0.2, -0.15) is 5.10 Å². The van der Waals surface area contributed by atoms with Crippen LogP contribution in [0.25, 0.3) is 10.8 Å². The highest BCUT2D eigenvalue weighted by Gasteiger charge is 2.32. The lowest BCUT2D eigenvalue weighted by atomic mass is 9.95. The van der Waals surface area contributed by atoms with Crippen molar-refractivity contribution in [2.24, 2.45) is 5.10 Å². The number of allylic oxidation sites excluding steroid dienone is 1. The Hall–Kier alpha value is -4.93. The molecule has 0 aliphatic carbocycles. The van der Waals surface area contributed by atoms with E-state index >= 15 is 0 Å². The van der Waals surface area contributed by atoms with Crippen LogP contribution in [0.5, 0.6) is 11.5 Å². The van der Waals surface area contributed by atoms with Crippen LogP contribution in [-0.2, 0) is 20.9 Å². The van der Waals surface area contributed by atoms with Gasteiger partial charge in [-0.3, -0.25) is 4.79 Å². The minimum Gasteiger partial charge on any atom is -0.488 e. The third kappa shape index (κ3) is 7.60. The number of hydrazone groups is 1. The van der Waals surface area contributed by atoms with Crippen molar-refractivity contribution in [2.75, 3.05) is 13.2 Å². The number of carbonyl (C=O) groups excluding carboxylic acids is 2. The third-order valence-corrected chi connectivity index (χ3v) is 7.60. The summed E-state index contributed by atoms with van der Waals surface area (Å²) >= 11 is 11.7. The zero-order chi connectivity index (χ0) is 31.8. The summed E-state index contributed by atoms with van der Waals surface area (Å²) in [6.07, 6.45) is 1.55. The highest BCUT2D eigenvalue weighted by Crippen LogP contribution is 2.34. The van der Waals surface area contributed by atoms with E-state index in [-0.39, 0.29) is 19.8 Å². The van der Waals surface area contributed by atoms with Crippen LogP contribution in [0.3, 0.4) is 0 Å². The van der Waals surface area contributed by atoms with Crippen LogP contribution < -0.4 is 25.5 Å². The number of nitrogens with one attached hydrogen (secondary N) is 3. The van der Waals surface area contributed by atoms with Crippen molar-refractivity contribution in [3.05, 3.63) is 118 Å². The van der Waals surface area contributed by atoms with E-state index in [0.29, 0.717) is 44.0 Å². The van der Waals surface area contributed by atoms with Crippen LogP contribution in [0.1, 0.15) is 36.6 Å². The van der Waals surface area contributed by atoms with Crippen molar-refractivity contribution >= 4 is 57.8 Å². The van der Waals surface area contributed by atoms with Crippen LogP contribution >= 0.6 is 23.8 Å². The molecule has 0 unspecified atom stereocenters. The minimum absolute atomic E-state index is 0.222. The third-order valence-electron chi connectivity index (χ3n) is 7.01. The van der Waals surface area contributed by atoms with E-state index in [9.17, 15) is 9.59 Å². The fraction of sp³-hybridized carbons (Fsp3) is 0.176. The molecule has 11 heteroatoms. The van der Waals surface area contributed by atoms with Crippen molar-refractivity contribution in [3.63, 3.8) is 0 Å². The molecule has 1 aliphatic heterocycles. The van der Waals surface area contributed by atoms with Crippen molar-refractivity contribution in [3.8, 4) is 11.5 Å². The van der Waals surface area contributed by atoms with Gasteiger partial charge in [-0.1, -0.05) is 78.3 Å². The Bertz CT molecular complexity index is 1810. The lowest BCUT2D eigenvalue weighted by Gasteiger charge is -2.30. The quantitative estimate of drug-likeness (QED) is 0.0796. The average Bonchev–Trinajstić information content (AvgIpc) is 3.03. The van der Waals surface area contributed by atoms with E-state index in [1.807, 2.05) is 66.7 Å². The molecule has 0 fully saturated rings. The molecule has 0 spiro atoms. The number of nitrogens with zero attached hydrogens (tertiary/aromatic N) is 1. The standard InChI is InChI=1S/C34H31ClN4O5S/c1-3-42-33(41)31-21(2)37-34(45)38-32(31)25-13-7-9-15-28(25)44-20-30(40)39-36-18-26-24-12-6-4-10-22(24)16-17-29(26)43-19-23-11-5-8-14-27(23)35/h4-18,32H,3,19-20H2,1-2H3,(H,39,40)(H2,37,38,45)/t32-/m0/s1. The van der Waals surface area contributed by atoms with Crippen LogP contribution in [-0.4, -0.2) is 36.4 Å². The maximum Gasteiger partial charge on any atom is 0.338 e. The number of carbonyl (C=O) groups is 2. The summed E-state index contributed by atoms with van der Waals surface area (Å²) in [5.41, 5.74) is 5.66. The number of benzene rings is 4. The van der Waals surface area contributed by atoms with E-state index in [4.69, 9.17) is 38.0 Å². The van der Waals surface area contributed by atoms with E-state index in [1.165, 1.54) is 0 Å². The highest BCUT2D eigenvalue weighted by atomic mass is 35.5. The normalized spacial score (nSPS) is 14.6. The molecule has 5 rings (SSSR count). The number of amides is 1. The number of para-hydroxylation sites is 1. The first-order valence-corrected chi connectivity index (χ1v) is 15.0. The molecule has 0 saturated heterocycles. The molecule has 4 aromatic rings. The van der Waals surface area contributed by atoms with Gasteiger partial charge in [-0.15, -0.1) is 0 Å². The molecular formula is C34H31ClN4O5S. The maximum absolute atomic E-state index is 12.8. The van der Waals surface area contributed by atoms with Gasteiger partial charge in [-0.25, -0.2) is 10.2 Å². The topological polar surface area (TPSA) is 110 Å². The Labute approximate surface area is 271 Å². The first kappa shape index (κ1) is 31.5. The summed E-state index contributed by atoms with van der Waals surface area (Å²) in [6.45, 7) is 3.66. The zero-order valence-corrected chi connectivity index (χ0v) is 26.2. The first-order chi connectivity index (χ1) is 21.9. The monoisotopic (exact) mass is 642 g/mol. The summed E-state index contributed by atoms with van der Waals surface area (Å²) in [4.78, 5) is 25.6. The second-order valence-corrected chi connectivity index (χ2v) is 10.8. The molecule has 0 radical (unpaired) electrons. The fourth-order valence-electron chi connectivity index (χ4n) is 4.91. The Kier molecular flexibility index (Phi) is 10.3. The fourth-order valence-corrected chi connectivity index (χ4v) is 5.37. The maximum atomic E-state index is 12.8. The molecule has 0 bridgehead atoms. The smallest absolute Gasteiger partial charge is 0.338 e. The summed E-state index contributed by atoms with van der Waals surface area (Å²) in [7, 11) is 0. The van der Waals surface area contributed by atoms with E-state index in [0.717, 1.165) is 16.3 Å². The van der Waals surface area contributed by atoms with Gasteiger partial charge in [0, 0.05) is 27.4 Å². The molecule has 0 aromatic heterocycles.